The van der Waals surface area contributed by atoms with Crippen molar-refractivity contribution < 1.29 is 9.59 Å². The van der Waals surface area contributed by atoms with Gasteiger partial charge in [-0.3, -0.25) is 14.7 Å². The number of aromatic nitrogens is 1. The molecular weight excluding hydrogens is 448 g/mol. The molecule has 1 aliphatic rings. The lowest BCUT2D eigenvalue weighted by atomic mass is 9.91. The topological polar surface area (TPSA) is 65.5 Å². The number of para-hydroxylation sites is 2. The maximum Gasteiger partial charge on any atom is 0.329 e. The van der Waals surface area contributed by atoms with Crippen LogP contribution >= 0.6 is 0 Å². The number of nitrogens with one attached hydrogen (secondary N) is 1. The summed E-state index contributed by atoms with van der Waals surface area (Å²) < 4.78 is 0. The number of rotatable bonds is 9. The van der Waals surface area contributed by atoms with Crippen molar-refractivity contribution in [2.45, 2.75) is 32.1 Å². The molecule has 3 aromatic rings. The SMILES string of the molecule is O=C(/C=C/c1cccnc1)NCCCCC1CCN(C(=O)N(c2ccccc2)c2ccccc2)CC1. The van der Waals surface area contributed by atoms with E-state index in [-0.39, 0.29) is 11.9 Å². The van der Waals surface area contributed by atoms with E-state index in [2.05, 4.69) is 10.3 Å². The Morgan fingerprint density at radius 3 is 2.19 bits per heavy atom. The number of hydrogen-bond donors (Lipinski definition) is 1. The van der Waals surface area contributed by atoms with E-state index in [0.29, 0.717) is 12.5 Å². The number of urea groups is 1. The highest BCUT2D eigenvalue weighted by Crippen LogP contribution is 2.29. The summed E-state index contributed by atoms with van der Waals surface area (Å²) in [6, 6.07) is 23.5. The summed E-state index contributed by atoms with van der Waals surface area (Å²) in [5.74, 6) is 0.546. The fourth-order valence-electron chi connectivity index (χ4n) is 4.55. The number of pyridine rings is 1. The number of nitrogens with zero attached hydrogens (tertiary/aromatic N) is 3. The highest BCUT2D eigenvalue weighted by molar-refractivity contribution is 5.99. The second-order valence-corrected chi connectivity index (χ2v) is 9.13. The van der Waals surface area contributed by atoms with Crippen molar-refractivity contribution >= 4 is 29.4 Å². The maximum absolute atomic E-state index is 13.5. The number of carbonyl (C=O) groups is 2. The van der Waals surface area contributed by atoms with Crippen LogP contribution in [-0.4, -0.2) is 41.5 Å². The van der Waals surface area contributed by atoms with Gasteiger partial charge in [0.05, 0.1) is 11.4 Å². The van der Waals surface area contributed by atoms with E-state index in [0.717, 1.165) is 62.1 Å². The van der Waals surface area contributed by atoms with Gasteiger partial charge in [-0.1, -0.05) is 55.3 Å². The number of anilines is 2. The van der Waals surface area contributed by atoms with Crippen LogP contribution in [-0.2, 0) is 4.79 Å². The fraction of sp³-hybridized carbons (Fsp3) is 0.300. The highest BCUT2D eigenvalue weighted by atomic mass is 16.2. The average molecular weight is 483 g/mol. The van der Waals surface area contributed by atoms with Crippen molar-refractivity contribution in [3.63, 3.8) is 0 Å². The van der Waals surface area contributed by atoms with Crippen LogP contribution in [0.25, 0.3) is 6.08 Å². The number of hydrogen-bond acceptors (Lipinski definition) is 3. The molecule has 6 heteroatoms. The van der Waals surface area contributed by atoms with Gasteiger partial charge >= 0.3 is 6.03 Å². The smallest absolute Gasteiger partial charge is 0.329 e. The first-order valence-electron chi connectivity index (χ1n) is 12.8. The van der Waals surface area contributed by atoms with Gasteiger partial charge < -0.3 is 10.2 Å². The lowest BCUT2D eigenvalue weighted by molar-refractivity contribution is -0.116. The molecule has 0 unspecified atom stereocenters. The van der Waals surface area contributed by atoms with Crippen molar-refractivity contribution in [1.82, 2.24) is 15.2 Å². The molecule has 1 N–H and O–H groups in total. The van der Waals surface area contributed by atoms with Gasteiger partial charge in [-0.15, -0.1) is 0 Å². The molecule has 36 heavy (non-hydrogen) atoms. The van der Waals surface area contributed by atoms with Crippen molar-refractivity contribution in [2.75, 3.05) is 24.5 Å². The Labute approximate surface area is 213 Å². The van der Waals surface area contributed by atoms with Gasteiger partial charge in [-0.2, -0.15) is 0 Å². The van der Waals surface area contributed by atoms with E-state index < -0.39 is 0 Å². The summed E-state index contributed by atoms with van der Waals surface area (Å²) in [5.41, 5.74) is 2.68. The van der Waals surface area contributed by atoms with Crippen LogP contribution < -0.4 is 10.2 Å². The molecule has 1 aliphatic heterocycles. The first kappa shape index (κ1) is 25.2. The Morgan fingerprint density at radius 1 is 0.917 bits per heavy atom. The predicted octanol–water partition coefficient (Wildman–Crippen LogP) is 6.05. The molecule has 3 amide bonds. The number of unbranched alkanes of at least 4 members (excludes halogenated alkanes) is 1. The summed E-state index contributed by atoms with van der Waals surface area (Å²) in [5, 5.41) is 2.95. The zero-order valence-corrected chi connectivity index (χ0v) is 20.6. The zero-order valence-electron chi connectivity index (χ0n) is 20.6. The third-order valence-electron chi connectivity index (χ3n) is 6.56. The fourth-order valence-corrected chi connectivity index (χ4v) is 4.55. The minimum atomic E-state index is -0.0768. The van der Waals surface area contributed by atoms with E-state index in [1.807, 2.05) is 82.6 Å². The van der Waals surface area contributed by atoms with Gasteiger partial charge in [-0.05, 0) is 67.2 Å². The molecule has 1 saturated heterocycles. The average Bonchev–Trinajstić information content (AvgIpc) is 2.94. The van der Waals surface area contributed by atoms with Crippen LogP contribution in [0.5, 0.6) is 0 Å². The van der Waals surface area contributed by atoms with Crippen molar-refractivity contribution in [3.8, 4) is 0 Å². The van der Waals surface area contributed by atoms with E-state index in [1.54, 1.807) is 24.5 Å². The van der Waals surface area contributed by atoms with Crippen molar-refractivity contribution in [3.05, 3.63) is 96.8 Å². The normalized spacial score (nSPS) is 14.1. The van der Waals surface area contributed by atoms with E-state index in [4.69, 9.17) is 0 Å². The molecule has 4 rings (SSSR count). The second kappa shape index (κ2) is 13.2. The molecule has 0 atom stereocenters. The van der Waals surface area contributed by atoms with Gasteiger partial charge in [-0.25, -0.2) is 4.79 Å². The largest absolute Gasteiger partial charge is 0.353 e. The number of amides is 3. The van der Waals surface area contributed by atoms with Gasteiger partial charge in [0.2, 0.25) is 5.91 Å². The third kappa shape index (κ3) is 7.28. The summed E-state index contributed by atoms with van der Waals surface area (Å²) in [6.07, 6.45) is 12.0. The molecule has 0 radical (unpaired) electrons. The molecule has 1 fully saturated rings. The summed E-state index contributed by atoms with van der Waals surface area (Å²) in [4.78, 5) is 33.3. The van der Waals surface area contributed by atoms with Gasteiger partial charge in [0, 0.05) is 38.1 Å². The molecular formula is C30H34N4O2. The Bertz CT molecular complexity index is 1070. The van der Waals surface area contributed by atoms with Crippen molar-refractivity contribution in [1.29, 1.82) is 0 Å². The quantitative estimate of drug-likeness (QED) is 0.298. The van der Waals surface area contributed by atoms with Crippen LogP contribution in [0.3, 0.4) is 0 Å². The minimum absolute atomic E-state index is 0.0351. The molecule has 0 aliphatic carbocycles. The number of benzene rings is 2. The first-order valence-corrected chi connectivity index (χ1v) is 12.8. The van der Waals surface area contributed by atoms with E-state index >= 15 is 0 Å². The number of carbonyl (C=O) groups excluding carboxylic acids is 2. The molecule has 1 aromatic heterocycles. The minimum Gasteiger partial charge on any atom is -0.353 e. The molecule has 186 valence electrons. The zero-order chi connectivity index (χ0) is 25.0. The van der Waals surface area contributed by atoms with Gasteiger partial charge in [0.25, 0.3) is 0 Å². The summed E-state index contributed by atoms with van der Waals surface area (Å²) >= 11 is 0. The van der Waals surface area contributed by atoms with Crippen LogP contribution in [0.2, 0.25) is 0 Å². The lowest BCUT2D eigenvalue weighted by Gasteiger charge is -2.36. The van der Waals surface area contributed by atoms with Crippen LogP contribution in [0.15, 0.2) is 91.3 Å². The summed E-state index contributed by atoms with van der Waals surface area (Å²) in [6.45, 7) is 2.22. The molecule has 0 saturated carbocycles. The molecule has 6 nitrogen and oxygen atoms in total. The van der Waals surface area contributed by atoms with Gasteiger partial charge in [0.15, 0.2) is 0 Å². The highest BCUT2D eigenvalue weighted by Gasteiger charge is 2.27. The Balaban J connectivity index is 1.19. The van der Waals surface area contributed by atoms with E-state index in [9.17, 15) is 9.59 Å². The Morgan fingerprint density at radius 2 is 1.58 bits per heavy atom. The van der Waals surface area contributed by atoms with Gasteiger partial charge in [0.1, 0.15) is 0 Å². The molecule has 2 aromatic carbocycles. The maximum atomic E-state index is 13.5. The van der Waals surface area contributed by atoms with E-state index in [1.165, 1.54) is 0 Å². The van der Waals surface area contributed by atoms with Crippen LogP contribution in [0.4, 0.5) is 16.2 Å². The number of likely N-dealkylation sites (tertiary alicyclic amines) is 1. The summed E-state index contributed by atoms with van der Waals surface area (Å²) in [7, 11) is 0. The van der Waals surface area contributed by atoms with Crippen LogP contribution in [0, 0.1) is 5.92 Å². The second-order valence-electron chi connectivity index (χ2n) is 9.13. The molecule has 2 heterocycles. The van der Waals surface area contributed by atoms with Crippen molar-refractivity contribution in [2.24, 2.45) is 5.92 Å². The Hall–Kier alpha value is -3.93. The third-order valence-corrected chi connectivity index (χ3v) is 6.56. The number of piperidine rings is 1. The predicted molar refractivity (Wildman–Crippen MR) is 145 cm³/mol. The van der Waals surface area contributed by atoms with Crippen LogP contribution in [0.1, 0.15) is 37.7 Å². The lowest BCUT2D eigenvalue weighted by Crippen LogP contribution is -2.45. The Kier molecular flexibility index (Phi) is 9.26. The standard InChI is InChI=1S/C30H34N4O2/c35-29(17-16-26-11-9-20-31-24-26)32-21-8-7-10-25-18-22-33(23-19-25)30(36)34(27-12-3-1-4-13-27)28-14-5-2-6-15-28/h1-6,9,11-17,20,24-25H,7-8,10,18-19,21-23H2,(H,32,35)/b17-16+. The first-order chi connectivity index (χ1) is 17.7. The molecule has 0 spiro atoms. The monoisotopic (exact) mass is 482 g/mol. The molecule has 0 bridgehead atoms.